The Morgan fingerprint density at radius 3 is 2.79 bits per heavy atom. The highest BCUT2D eigenvalue weighted by molar-refractivity contribution is 6.05. The van der Waals surface area contributed by atoms with Gasteiger partial charge in [0.15, 0.2) is 6.23 Å². The normalized spacial score (nSPS) is 11.9. The molecule has 3 heterocycles. The molecule has 0 saturated heterocycles. The standard InChI is InChI=1S/C25H22N6O2/c1-16-11-19(9-10-26-16)28-24(32)18-6-4-7-21(12-18)31-15-20(14-27-31)29-25(33)23-13-17-5-2-3-8-22(17)30-23/h2-15,24,30,32H,1H3,(H,26,28)(H,29,33). The summed E-state index contributed by atoms with van der Waals surface area (Å²) in [4.78, 5) is 19.9. The lowest BCUT2D eigenvalue weighted by molar-refractivity contribution is 0.102. The molecule has 0 aliphatic carbocycles. The van der Waals surface area contributed by atoms with Gasteiger partial charge in [0.25, 0.3) is 5.91 Å². The molecule has 4 N–H and O–H groups in total. The number of H-pyrrole nitrogens is 1. The number of hydrogen-bond acceptors (Lipinski definition) is 5. The lowest BCUT2D eigenvalue weighted by Crippen LogP contribution is -2.11. The molecule has 0 radical (unpaired) electrons. The molecule has 1 atom stereocenters. The molecular weight excluding hydrogens is 416 g/mol. The molecule has 164 valence electrons. The first-order valence-corrected chi connectivity index (χ1v) is 10.5. The van der Waals surface area contributed by atoms with Crippen molar-refractivity contribution >= 4 is 28.2 Å². The van der Waals surface area contributed by atoms with E-state index in [1.54, 1.807) is 29.3 Å². The molecule has 8 heteroatoms. The second-order valence-corrected chi connectivity index (χ2v) is 7.73. The third-order valence-electron chi connectivity index (χ3n) is 5.27. The summed E-state index contributed by atoms with van der Waals surface area (Å²) in [7, 11) is 0. The van der Waals surface area contributed by atoms with Gasteiger partial charge in [0.2, 0.25) is 0 Å². The Morgan fingerprint density at radius 1 is 1.06 bits per heavy atom. The average molecular weight is 438 g/mol. The summed E-state index contributed by atoms with van der Waals surface area (Å²) >= 11 is 0. The zero-order valence-electron chi connectivity index (χ0n) is 17.9. The Balaban J connectivity index is 1.30. The van der Waals surface area contributed by atoms with Gasteiger partial charge in [-0.05, 0) is 43.3 Å². The molecule has 0 spiro atoms. The number of carbonyl (C=O) groups excluding carboxylic acids is 1. The number of amides is 1. The monoisotopic (exact) mass is 438 g/mol. The van der Waals surface area contributed by atoms with Crippen molar-refractivity contribution < 1.29 is 9.90 Å². The van der Waals surface area contributed by atoms with E-state index in [9.17, 15) is 9.90 Å². The minimum Gasteiger partial charge on any atom is -0.369 e. The van der Waals surface area contributed by atoms with Gasteiger partial charge in [0.1, 0.15) is 5.69 Å². The number of nitrogens with zero attached hydrogens (tertiary/aromatic N) is 3. The third-order valence-corrected chi connectivity index (χ3v) is 5.27. The summed E-state index contributed by atoms with van der Waals surface area (Å²) in [5.74, 6) is -0.244. The van der Waals surface area contributed by atoms with Gasteiger partial charge in [-0.15, -0.1) is 0 Å². The number of hydrogen-bond donors (Lipinski definition) is 4. The van der Waals surface area contributed by atoms with Gasteiger partial charge < -0.3 is 20.7 Å². The molecule has 2 aromatic carbocycles. The number of aromatic amines is 1. The van der Waals surface area contributed by atoms with Crippen LogP contribution >= 0.6 is 0 Å². The molecule has 0 saturated carbocycles. The van der Waals surface area contributed by atoms with Crippen LogP contribution in [0.15, 0.2) is 85.3 Å². The maximum Gasteiger partial charge on any atom is 0.272 e. The first-order valence-electron chi connectivity index (χ1n) is 10.5. The quantitative estimate of drug-likeness (QED) is 0.294. The van der Waals surface area contributed by atoms with Crippen LogP contribution < -0.4 is 10.6 Å². The van der Waals surface area contributed by atoms with Crippen LogP contribution in [0.3, 0.4) is 0 Å². The molecule has 1 unspecified atom stereocenters. The number of fused-ring (bicyclic) bond motifs is 1. The van der Waals surface area contributed by atoms with Crippen LogP contribution in [0.25, 0.3) is 16.6 Å². The molecule has 0 fully saturated rings. The van der Waals surface area contributed by atoms with Crippen molar-refractivity contribution in [2.45, 2.75) is 13.2 Å². The average Bonchev–Trinajstić information content (AvgIpc) is 3.46. The summed E-state index contributed by atoms with van der Waals surface area (Å²) in [6.45, 7) is 1.89. The number of aromatic nitrogens is 4. The van der Waals surface area contributed by atoms with Gasteiger partial charge in [-0.3, -0.25) is 9.78 Å². The number of rotatable bonds is 6. The van der Waals surface area contributed by atoms with E-state index in [-0.39, 0.29) is 5.91 Å². The van der Waals surface area contributed by atoms with Crippen molar-refractivity contribution in [3.63, 3.8) is 0 Å². The van der Waals surface area contributed by atoms with Gasteiger partial charge in [0.05, 0.1) is 23.8 Å². The zero-order chi connectivity index (χ0) is 22.8. The van der Waals surface area contributed by atoms with Crippen molar-refractivity contribution in [2.24, 2.45) is 0 Å². The molecule has 3 aromatic heterocycles. The number of carbonyl (C=O) groups is 1. The van der Waals surface area contributed by atoms with E-state index in [4.69, 9.17) is 0 Å². The second kappa shape index (κ2) is 8.60. The summed E-state index contributed by atoms with van der Waals surface area (Å²) in [6.07, 6.45) is 4.10. The van der Waals surface area contributed by atoms with Gasteiger partial charge >= 0.3 is 0 Å². The zero-order valence-corrected chi connectivity index (χ0v) is 17.9. The molecule has 1 amide bonds. The Labute approximate surface area is 189 Å². The van der Waals surface area contributed by atoms with Crippen molar-refractivity contribution in [1.82, 2.24) is 19.7 Å². The van der Waals surface area contributed by atoms with Crippen LogP contribution in [-0.4, -0.2) is 30.8 Å². The molecule has 0 bridgehead atoms. The van der Waals surface area contributed by atoms with Gasteiger partial charge in [-0.25, -0.2) is 4.68 Å². The van der Waals surface area contributed by atoms with Crippen LogP contribution in [0.4, 0.5) is 11.4 Å². The lowest BCUT2D eigenvalue weighted by Gasteiger charge is -2.15. The van der Waals surface area contributed by atoms with E-state index >= 15 is 0 Å². The first-order chi connectivity index (χ1) is 16.0. The highest BCUT2D eigenvalue weighted by Crippen LogP contribution is 2.21. The van der Waals surface area contributed by atoms with Crippen LogP contribution in [0.5, 0.6) is 0 Å². The fourth-order valence-corrected chi connectivity index (χ4v) is 3.64. The van der Waals surface area contributed by atoms with Crippen molar-refractivity contribution in [3.05, 3.63) is 102 Å². The predicted molar refractivity (Wildman–Crippen MR) is 127 cm³/mol. The SMILES string of the molecule is Cc1cc(NC(O)c2cccc(-n3cc(NC(=O)c4cc5ccccc5[nH]4)cn3)c2)ccn1. The van der Waals surface area contributed by atoms with Crippen molar-refractivity contribution in [2.75, 3.05) is 10.6 Å². The molecule has 0 aliphatic heterocycles. The smallest absolute Gasteiger partial charge is 0.272 e. The minimum atomic E-state index is -0.900. The van der Waals surface area contributed by atoms with Gasteiger partial charge in [0, 0.05) is 34.0 Å². The number of pyridine rings is 1. The minimum absolute atomic E-state index is 0.244. The number of para-hydroxylation sites is 1. The highest BCUT2D eigenvalue weighted by Gasteiger charge is 2.12. The van der Waals surface area contributed by atoms with Crippen LogP contribution in [0.2, 0.25) is 0 Å². The summed E-state index contributed by atoms with van der Waals surface area (Å²) < 4.78 is 1.65. The molecular formula is C25H22N6O2. The Kier molecular flexibility index (Phi) is 5.34. The fourth-order valence-electron chi connectivity index (χ4n) is 3.64. The first kappa shape index (κ1) is 20.5. The molecule has 5 rings (SSSR count). The number of nitrogens with one attached hydrogen (secondary N) is 3. The predicted octanol–water partition coefficient (Wildman–Crippen LogP) is 4.41. The molecule has 0 aliphatic rings. The van der Waals surface area contributed by atoms with Crippen molar-refractivity contribution in [3.8, 4) is 5.69 Å². The lowest BCUT2D eigenvalue weighted by atomic mass is 10.1. The largest absolute Gasteiger partial charge is 0.369 e. The number of aliphatic hydroxyl groups excluding tert-OH is 1. The number of aliphatic hydroxyl groups is 1. The number of benzene rings is 2. The fraction of sp³-hybridized carbons (Fsp3) is 0.0800. The van der Waals surface area contributed by atoms with E-state index in [0.29, 0.717) is 16.9 Å². The van der Waals surface area contributed by atoms with E-state index in [0.717, 1.165) is 28.0 Å². The topological polar surface area (TPSA) is 108 Å². The Bertz CT molecular complexity index is 1400. The van der Waals surface area contributed by atoms with Crippen molar-refractivity contribution in [1.29, 1.82) is 0 Å². The molecule has 33 heavy (non-hydrogen) atoms. The second-order valence-electron chi connectivity index (χ2n) is 7.73. The summed E-state index contributed by atoms with van der Waals surface area (Å²) in [6, 6.07) is 20.6. The van der Waals surface area contributed by atoms with E-state index in [2.05, 4.69) is 25.7 Å². The van der Waals surface area contributed by atoms with Gasteiger partial charge in [-0.1, -0.05) is 30.3 Å². The summed E-state index contributed by atoms with van der Waals surface area (Å²) in [5, 5.41) is 21.9. The van der Waals surface area contributed by atoms with Crippen LogP contribution in [0.1, 0.15) is 28.0 Å². The molecule has 5 aromatic rings. The van der Waals surface area contributed by atoms with Crippen LogP contribution in [0, 0.1) is 6.92 Å². The number of anilines is 2. The van der Waals surface area contributed by atoms with E-state index in [1.165, 1.54) is 0 Å². The molecule has 8 nitrogen and oxygen atoms in total. The number of aryl methyl sites for hydroxylation is 1. The Morgan fingerprint density at radius 2 is 1.94 bits per heavy atom. The maximum absolute atomic E-state index is 12.6. The van der Waals surface area contributed by atoms with E-state index < -0.39 is 6.23 Å². The maximum atomic E-state index is 12.6. The van der Waals surface area contributed by atoms with Gasteiger partial charge in [-0.2, -0.15) is 5.10 Å². The van der Waals surface area contributed by atoms with Crippen LogP contribution in [-0.2, 0) is 0 Å². The summed E-state index contributed by atoms with van der Waals surface area (Å²) in [5.41, 5.74) is 5.03. The van der Waals surface area contributed by atoms with E-state index in [1.807, 2.05) is 67.6 Å². The third kappa shape index (κ3) is 4.46. The Hall–Kier alpha value is -4.43. The highest BCUT2D eigenvalue weighted by atomic mass is 16.3.